The van der Waals surface area contributed by atoms with Gasteiger partial charge in [-0.2, -0.15) is 0 Å². The highest BCUT2D eigenvalue weighted by atomic mass is 16.7. The summed E-state index contributed by atoms with van der Waals surface area (Å²) >= 11 is 0. The summed E-state index contributed by atoms with van der Waals surface area (Å²) in [7, 11) is -0.413. The third kappa shape index (κ3) is 3.36. The van der Waals surface area contributed by atoms with Gasteiger partial charge in [0.1, 0.15) is 0 Å². The van der Waals surface area contributed by atoms with Crippen LogP contribution in [0.15, 0.2) is 53.6 Å². The molecule has 26 heavy (non-hydrogen) atoms. The summed E-state index contributed by atoms with van der Waals surface area (Å²) in [4.78, 5) is 13.3. The molecule has 1 heterocycles. The SMILES string of the molecule is CC(C)=C(CB1OC(C)(C)C(C)(C)O1)C(=O)c1cccc2ccccc12. The van der Waals surface area contributed by atoms with Crippen molar-refractivity contribution in [2.24, 2.45) is 0 Å². The molecule has 2 aromatic rings. The maximum atomic E-state index is 13.3. The van der Waals surface area contributed by atoms with E-state index in [4.69, 9.17) is 9.31 Å². The van der Waals surface area contributed by atoms with E-state index >= 15 is 0 Å². The molecule has 4 heteroatoms. The van der Waals surface area contributed by atoms with Crippen molar-refractivity contribution < 1.29 is 14.1 Å². The highest BCUT2D eigenvalue weighted by Gasteiger charge is 2.51. The van der Waals surface area contributed by atoms with Crippen molar-refractivity contribution in [1.82, 2.24) is 0 Å². The van der Waals surface area contributed by atoms with E-state index < -0.39 is 18.3 Å². The van der Waals surface area contributed by atoms with Crippen molar-refractivity contribution in [3.8, 4) is 0 Å². The van der Waals surface area contributed by atoms with Gasteiger partial charge in [-0.05, 0) is 57.9 Å². The van der Waals surface area contributed by atoms with Gasteiger partial charge in [-0.3, -0.25) is 4.79 Å². The molecule has 0 N–H and O–H groups in total. The Morgan fingerprint density at radius 1 is 0.923 bits per heavy atom. The molecule has 0 radical (unpaired) electrons. The monoisotopic (exact) mass is 350 g/mol. The molecule has 136 valence electrons. The Kier molecular flexibility index (Phi) is 4.85. The van der Waals surface area contributed by atoms with E-state index in [2.05, 4.69) is 0 Å². The van der Waals surface area contributed by atoms with Crippen LogP contribution in [0.3, 0.4) is 0 Å². The molecule has 0 spiro atoms. The number of carbonyl (C=O) groups is 1. The van der Waals surface area contributed by atoms with Gasteiger partial charge < -0.3 is 9.31 Å². The fourth-order valence-electron chi connectivity index (χ4n) is 3.32. The second-order valence-corrected chi connectivity index (χ2v) is 8.22. The molecule has 0 bridgehead atoms. The summed E-state index contributed by atoms with van der Waals surface area (Å²) in [6, 6.07) is 13.9. The zero-order valence-electron chi connectivity index (χ0n) is 16.6. The Morgan fingerprint density at radius 3 is 2.12 bits per heavy atom. The van der Waals surface area contributed by atoms with Crippen molar-refractivity contribution in [1.29, 1.82) is 0 Å². The first-order chi connectivity index (χ1) is 12.1. The maximum absolute atomic E-state index is 13.3. The lowest BCUT2D eigenvalue weighted by molar-refractivity contribution is 0.00578. The number of allylic oxidation sites excluding steroid dienone is 2. The normalized spacial score (nSPS) is 18.2. The molecule has 1 aliphatic rings. The van der Waals surface area contributed by atoms with Crippen LogP contribution in [0, 0.1) is 0 Å². The van der Waals surface area contributed by atoms with Crippen LogP contribution < -0.4 is 0 Å². The molecule has 3 rings (SSSR count). The minimum Gasteiger partial charge on any atom is -0.403 e. The van der Waals surface area contributed by atoms with Crippen LogP contribution in [0.2, 0.25) is 6.32 Å². The molecule has 0 atom stereocenters. The highest BCUT2D eigenvalue weighted by Crippen LogP contribution is 2.39. The zero-order chi connectivity index (χ0) is 19.1. The number of carbonyl (C=O) groups excluding carboxylic acids is 1. The second-order valence-electron chi connectivity index (χ2n) is 8.22. The van der Waals surface area contributed by atoms with Crippen LogP contribution in [0.25, 0.3) is 10.8 Å². The van der Waals surface area contributed by atoms with Gasteiger partial charge in [-0.15, -0.1) is 0 Å². The first-order valence-electron chi connectivity index (χ1n) is 9.17. The van der Waals surface area contributed by atoms with E-state index in [1.807, 2.05) is 84.0 Å². The van der Waals surface area contributed by atoms with Gasteiger partial charge in [0.25, 0.3) is 0 Å². The van der Waals surface area contributed by atoms with Gasteiger partial charge in [-0.1, -0.05) is 48.0 Å². The van der Waals surface area contributed by atoms with E-state index in [9.17, 15) is 4.79 Å². The maximum Gasteiger partial charge on any atom is 0.462 e. The highest BCUT2D eigenvalue weighted by molar-refractivity contribution is 6.48. The number of hydrogen-bond donors (Lipinski definition) is 0. The van der Waals surface area contributed by atoms with E-state index in [1.165, 1.54) is 0 Å². The summed E-state index contributed by atoms with van der Waals surface area (Å²) in [5.41, 5.74) is 1.70. The third-order valence-electron chi connectivity index (χ3n) is 5.58. The van der Waals surface area contributed by atoms with Gasteiger partial charge in [0.15, 0.2) is 5.78 Å². The van der Waals surface area contributed by atoms with Crippen molar-refractivity contribution >= 4 is 23.7 Å². The molecule has 1 fully saturated rings. The van der Waals surface area contributed by atoms with Crippen LogP contribution in [-0.2, 0) is 9.31 Å². The first-order valence-corrected chi connectivity index (χ1v) is 9.17. The minimum atomic E-state index is -0.413. The van der Waals surface area contributed by atoms with E-state index in [-0.39, 0.29) is 5.78 Å². The number of fused-ring (bicyclic) bond motifs is 1. The molecule has 2 aromatic carbocycles. The largest absolute Gasteiger partial charge is 0.462 e. The number of ketones is 1. The molecular weight excluding hydrogens is 323 g/mol. The average Bonchev–Trinajstić information content (AvgIpc) is 2.78. The number of benzene rings is 2. The molecular formula is C22H27BO3. The minimum absolute atomic E-state index is 0.0523. The second kappa shape index (κ2) is 6.68. The Balaban J connectivity index is 1.92. The van der Waals surface area contributed by atoms with Gasteiger partial charge in [0, 0.05) is 11.9 Å². The van der Waals surface area contributed by atoms with Gasteiger partial charge in [-0.25, -0.2) is 0 Å². The number of Topliss-reactive ketones (excluding diaryl/α,β-unsaturated/α-hetero) is 1. The fourth-order valence-corrected chi connectivity index (χ4v) is 3.32. The molecule has 3 nitrogen and oxygen atoms in total. The average molecular weight is 350 g/mol. The predicted molar refractivity (Wildman–Crippen MR) is 108 cm³/mol. The summed E-state index contributed by atoms with van der Waals surface area (Å²) in [6.07, 6.45) is 0.456. The number of rotatable bonds is 4. The number of hydrogen-bond acceptors (Lipinski definition) is 3. The molecule has 0 saturated carbocycles. The first kappa shape index (κ1) is 18.9. The summed E-state index contributed by atoms with van der Waals surface area (Å²) < 4.78 is 12.2. The van der Waals surface area contributed by atoms with Gasteiger partial charge >= 0.3 is 7.12 Å². The van der Waals surface area contributed by atoms with Gasteiger partial charge in [0.05, 0.1) is 11.2 Å². The smallest absolute Gasteiger partial charge is 0.403 e. The summed E-state index contributed by atoms with van der Waals surface area (Å²) in [6.45, 7) is 12.1. The van der Waals surface area contributed by atoms with Crippen molar-refractivity contribution in [2.75, 3.05) is 0 Å². The Morgan fingerprint density at radius 2 is 1.50 bits per heavy atom. The predicted octanol–water partition coefficient (Wildman–Crippen LogP) is 5.45. The quantitative estimate of drug-likeness (QED) is 0.418. The van der Waals surface area contributed by atoms with E-state index in [1.54, 1.807) is 0 Å². The molecule has 1 aliphatic heterocycles. The molecule has 0 amide bonds. The Labute approximate surface area is 156 Å². The summed E-state index contributed by atoms with van der Waals surface area (Å²) in [5.74, 6) is 0.0523. The van der Waals surface area contributed by atoms with Crippen molar-refractivity contribution in [2.45, 2.75) is 59.1 Å². The van der Waals surface area contributed by atoms with Crippen LogP contribution in [0.5, 0.6) is 0 Å². The topological polar surface area (TPSA) is 35.5 Å². The standard InChI is InChI=1S/C22H27BO3/c1-15(2)19(14-23-25-21(3,4)22(5,6)26-23)20(24)18-13-9-11-16-10-7-8-12-17(16)18/h7-13H,14H2,1-6H3. The lowest BCUT2D eigenvalue weighted by Gasteiger charge is -2.32. The van der Waals surface area contributed by atoms with Crippen molar-refractivity contribution in [3.63, 3.8) is 0 Å². The Hall–Kier alpha value is -1.91. The summed E-state index contributed by atoms with van der Waals surface area (Å²) in [5, 5.41) is 2.05. The Bertz CT molecular complexity index is 855. The molecule has 0 unspecified atom stereocenters. The molecule has 1 saturated heterocycles. The molecule has 0 aromatic heterocycles. The van der Waals surface area contributed by atoms with Crippen LogP contribution in [0.4, 0.5) is 0 Å². The van der Waals surface area contributed by atoms with Crippen LogP contribution >= 0.6 is 0 Å². The lowest BCUT2D eigenvalue weighted by atomic mass is 9.76. The molecule has 0 aliphatic carbocycles. The van der Waals surface area contributed by atoms with Crippen LogP contribution in [-0.4, -0.2) is 24.1 Å². The third-order valence-corrected chi connectivity index (χ3v) is 5.58. The van der Waals surface area contributed by atoms with Crippen LogP contribution in [0.1, 0.15) is 51.9 Å². The van der Waals surface area contributed by atoms with Crippen molar-refractivity contribution in [3.05, 3.63) is 59.2 Å². The lowest BCUT2D eigenvalue weighted by Crippen LogP contribution is -2.41. The van der Waals surface area contributed by atoms with E-state index in [0.29, 0.717) is 6.32 Å². The fraction of sp³-hybridized carbons (Fsp3) is 0.409. The van der Waals surface area contributed by atoms with E-state index in [0.717, 1.165) is 27.5 Å². The van der Waals surface area contributed by atoms with Gasteiger partial charge in [0.2, 0.25) is 0 Å². The zero-order valence-corrected chi connectivity index (χ0v) is 16.6.